The number of aromatic nitrogens is 1. The number of hydrogen-bond donors (Lipinski definition) is 3. The second-order valence-corrected chi connectivity index (χ2v) is 14.7. The van der Waals surface area contributed by atoms with Crippen molar-refractivity contribution in [3.05, 3.63) is 76.9 Å². The number of nitrogens with zero attached hydrogens (tertiary/aromatic N) is 2. The Morgan fingerprint density at radius 3 is 2.60 bits per heavy atom. The van der Waals surface area contributed by atoms with Crippen LogP contribution < -0.4 is 20.7 Å². The predicted molar refractivity (Wildman–Crippen MR) is 211 cm³/mol. The van der Waals surface area contributed by atoms with E-state index in [1.165, 1.54) is 19.1 Å². The van der Waals surface area contributed by atoms with E-state index < -0.39 is 59.5 Å². The maximum absolute atomic E-state index is 14.1. The summed E-state index contributed by atoms with van der Waals surface area (Å²) in [5.74, 6) is -0.696. The Hall–Kier alpha value is -4.69. The number of rotatable bonds is 4. The molecule has 0 spiro atoms. The zero-order chi connectivity index (χ0) is 40.2. The molecule has 0 unspecified atom stereocenters. The minimum atomic E-state index is -1.57. The number of aliphatic hydroxyl groups is 1. The Morgan fingerprint density at radius 1 is 1.15 bits per heavy atom. The van der Waals surface area contributed by atoms with Crippen LogP contribution in [0.4, 0.5) is 22.0 Å². The molecule has 4 N–H and O–H groups in total. The average molecular weight is 779 g/mol. The molecule has 7 atom stereocenters. The molecule has 4 bridgehead atoms. The number of amides is 2. The van der Waals surface area contributed by atoms with Gasteiger partial charge in [-0.25, -0.2) is 9.78 Å². The second-order valence-electron chi connectivity index (χ2n) is 14.3. The first-order valence-electron chi connectivity index (χ1n) is 18.4. The lowest BCUT2D eigenvalue weighted by atomic mass is 9.78. The van der Waals surface area contributed by atoms with Crippen molar-refractivity contribution in [1.82, 2.24) is 4.98 Å². The number of methoxy groups -OCH3 is 2. The van der Waals surface area contributed by atoms with E-state index >= 15 is 0 Å². The van der Waals surface area contributed by atoms with Crippen molar-refractivity contribution in [2.24, 2.45) is 5.92 Å². The standard InChI is InChI=1S/C39H45ClN4O9.C2H6/c1-21-8-7-9-30(50-6)39(48)19-29(51-34(46)20-39)22(2)36-38(3,53-36)31(18-33(45)44(4)27-15-23(14-21)16-28(49-5)35(27)40)52-37(47)42-25-11-12-26-24(17-25)10-13-32(41)43-26;1-2/h7-13,15-17,22,29-31,36,48H,14,18-20H2,1-6H3,(H2,41,43)(H,42,47);1-2H3/b9-7+,21-8+;/t22-,29+,30-,31+,36+,38+,39-;/m1./s1. The van der Waals surface area contributed by atoms with E-state index in [-0.39, 0.29) is 24.3 Å². The van der Waals surface area contributed by atoms with E-state index in [4.69, 9.17) is 41.0 Å². The van der Waals surface area contributed by atoms with Crippen molar-refractivity contribution in [2.45, 2.75) is 95.9 Å². The molecule has 3 aliphatic heterocycles. The number of epoxide rings is 1. The quantitative estimate of drug-likeness (QED) is 0.188. The number of nitrogens with two attached hydrogens (primary N) is 1. The number of carbonyl (C=O) groups is 3. The molecular formula is C41H51ClN4O9. The fourth-order valence-electron chi connectivity index (χ4n) is 7.35. The first-order chi connectivity index (χ1) is 26.1. The molecule has 2 fully saturated rings. The maximum Gasteiger partial charge on any atom is 0.412 e. The monoisotopic (exact) mass is 778 g/mol. The lowest BCUT2D eigenvalue weighted by Gasteiger charge is -2.41. The van der Waals surface area contributed by atoms with E-state index in [0.717, 1.165) is 16.5 Å². The van der Waals surface area contributed by atoms with Crippen LogP contribution in [0.3, 0.4) is 0 Å². The molecule has 1 aromatic heterocycles. The first-order valence-corrected chi connectivity index (χ1v) is 18.7. The number of carbonyl (C=O) groups excluding carboxylic acids is 3. The Morgan fingerprint density at radius 2 is 1.89 bits per heavy atom. The van der Waals surface area contributed by atoms with Gasteiger partial charge in [-0.05, 0) is 68.3 Å². The highest BCUT2D eigenvalue weighted by Gasteiger charge is 2.64. The van der Waals surface area contributed by atoms with E-state index in [1.54, 1.807) is 62.5 Å². The number of halogens is 1. The number of ether oxygens (including phenoxy) is 5. The van der Waals surface area contributed by atoms with Crippen molar-refractivity contribution >= 4 is 57.7 Å². The van der Waals surface area contributed by atoms with Crippen molar-refractivity contribution in [1.29, 1.82) is 0 Å². The molecule has 0 radical (unpaired) electrons. The van der Waals surface area contributed by atoms with Gasteiger partial charge in [0.1, 0.15) is 46.1 Å². The van der Waals surface area contributed by atoms with E-state index in [1.807, 2.05) is 39.8 Å². The highest BCUT2D eigenvalue weighted by atomic mass is 35.5. The SMILES string of the molecule is CC.COc1cc2cc(c1Cl)N(C)C(=O)C[C@H](OC(=O)Nc1ccc3nc(N)ccc3c1)[C@]1(C)O[C@H]1[C@H](C)[C@@H]1C[C@@](O)(CC(=O)O1)[C@H](OC)/C=C/C=C(\C)C2. The summed E-state index contributed by atoms with van der Waals surface area (Å²) in [5, 5.41) is 15.6. The van der Waals surface area contributed by atoms with Gasteiger partial charge in [0.2, 0.25) is 5.91 Å². The topological polar surface area (TPSA) is 175 Å². The molecule has 14 heteroatoms. The highest BCUT2D eigenvalue weighted by Crippen LogP contribution is 2.50. The third-order valence-corrected chi connectivity index (χ3v) is 10.8. The van der Waals surface area contributed by atoms with Gasteiger partial charge in [0.05, 0.1) is 37.3 Å². The fourth-order valence-corrected chi connectivity index (χ4v) is 7.67. The van der Waals surface area contributed by atoms with Crippen LogP contribution in [0.1, 0.15) is 59.4 Å². The first kappa shape index (κ1) is 41.5. The van der Waals surface area contributed by atoms with Gasteiger partial charge in [0.15, 0.2) is 0 Å². The molecule has 2 saturated heterocycles. The van der Waals surface area contributed by atoms with E-state index in [2.05, 4.69) is 10.3 Å². The molecule has 0 aliphatic carbocycles. The summed E-state index contributed by atoms with van der Waals surface area (Å²) in [6.07, 6.45) is 1.30. The Balaban J connectivity index is 0.00000285. The molecule has 3 aliphatic rings. The number of hydrogen-bond acceptors (Lipinski definition) is 11. The van der Waals surface area contributed by atoms with Crippen molar-refractivity contribution in [2.75, 3.05) is 37.2 Å². The lowest BCUT2D eigenvalue weighted by molar-refractivity contribution is -0.187. The summed E-state index contributed by atoms with van der Waals surface area (Å²) < 4.78 is 29.4. The van der Waals surface area contributed by atoms with Crippen molar-refractivity contribution in [3.8, 4) is 5.75 Å². The highest BCUT2D eigenvalue weighted by molar-refractivity contribution is 6.35. The molecule has 13 nitrogen and oxygen atoms in total. The van der Waals surface area contributed by atoms with Crippen LogP contribution in [-0.4, -0.2) is 84.9 Å². The predicted octanol–water partition coefficient (Wildman–Crippen LogP) is 6.78. The number of nitrogen functional groups attached to an aromatic ring is 1. The van der Waals surface area contributed by atoms with Crippen LogP contribution >= 0.6 is 11.6 Å². The van der Waals surface area contributed by atoms with Gasteiger partial charge >= 0.3 is 12.1 Å². The molecule has 2 aromatic carbocycles. The zero-order valence-corrected chi connectivity index (χ0v) is 33.3. The number of esters is 1. The normalized spacial score (nSPS) is 29.7. The van der Waals surface area contributed by atoms with Crippen LogP contribution in [0, 0.1) is 5.92 Å². The van der Waals surface area contributed by atoms with Gasteiger partial charge in [0, 0.05) is 37.6 Å². The smallest absolute Gasteiger partial charge is 0.412 e. The van der Waals surface area contributed by atoms with Crippen LogP contribution in [-0.2, 0) is 35.0 Å². The second kappa shape index (κ2) is 17.0. The molecule has 6 rings (SSSR count). The molecule has 0 saturated carbocycles. The number of allylic oxidation sites excluding steroid dienone is 3. The summed E-state index contributed by atoms with van der Waals surface area (Å²) in [6, 6.07) is 12.2. The molecular weight excluding hydrogens is 728 g/mol. The summed E-state index contributed by atoms with van der Waals surface area (Å²) in [5.41, 5.74) is 6.36. The molecule has 2 amide bonds. The van der Waals surface area contributed by atoms with Crippen LogP contribution in [0.15, 0.2) is 66.3 Å². The maximum atomic E-state index is 14.1. The summed E-state index contributed by atoms with van der Waals surface area (Å²) in [7, 11) is 4.57. The number of nitrogens with one attached hydrogen (secondary N) is 1. The summed E-state index contributed by atoms with van der Waals surface area (Å²) >= 11 is 6.77. The average Bonchev–Trinajstić information content (AvgIpc) is 3.85. The van der Waals surface area contributed by atoms with E-state index in [9.17, 15) is 19.5 Å². The summed E-state index contributed by atoms with van der Waals surface area (Å²) in [4.78, 5) is 46.3. The number of fused-ring (bicyclic) bond motifs is 6. The number of anilines is 3. The van der Waals surface area contributed by atoms with Gasteiger partial charge in [-0.2, -0.15) is 0 Å². The van der Waals surface area contributed by atoms with Crippen LogP contribution in [0.2, 0.25) is 5.02 Å². The molecule has 3 aromatic rings. The Labute approximate surface area is 326 Å². The van der Waals surface area contributed by atoms with Gasteiger partial charge in [-0.1, -0.05) is 56.2 Å². The van der Waals surface area contributed by atoms with Gasteiger partial charge in [-0.15, -0.1) is 0 Å². The van der Waals surface area contributed by atoms with Crippen molar-refractivity contribution < 1.29 is 43.2 Å². The zero-order valence-electron chi connectivity index (χ0n) is 32.6. The lowest BCUT2D eigenvalue weighted by Crippen LogP contribution is -2.53. The van der Waals surface area contributed by atoms with Gasteiger partial charge in [0.25, 0.3) is 0 Å². The van der Waals surface area contributed by atoms with Gasteiger partial charge in [-0.3, -0.25) is 14.9 Å². The Bertz CT molecular complexity index is 1990. The Kier molecular flexibility index (Phi) is 12.8. The van der Waals surface area contributed by atoms with Gasteiger partial charge < -0.3 is 39.4 Å². The molecule has 55 heavy (non-hydrogen) atoms. The number of benzene rings is 2. The minimum Gasteiger partial charge on any atom is -0.495 e. The summed E-state index contributed by atoms with van der Waals surface area (Å²) in [6.45, 7) is 9.53. The van der Waals surface area contributed by atoms with E-state index in [0.29, 0.717) is 34.9 Å². The van der Waals surface area contributed by atoms with Crippen LogP contribution in [0.5, 0.6) is 5.75 Å². The third kappa shape index (κ3) is 9.07. The molecule has 4 heterocycles. The largest absolute Gasteiger partial charge is 0.495 e. The minimum absolute atomic E-state index is 0.0711. The molecule has 296 valence electrons. The number of pyridine rings is 1. The van der Waals surface area contributed by atoms with Crippen molar-refractivity contribution in [3.63, 3.8) is 0 Å². The third-order valence-electron chi connectivity index (χ3n) is 10.4. The van der Waals surface area contributed by atoms with Crippen LogP contribution in [0.25, 0.3) is 10.9 Å². The fraction of sp³-hybridized carbons (Fsp3) is 0.463.